The zero-order valence-electron chi connectivity index (χ0n) is 16.9. The van der Waals surface area contributed by atoms with Crippen molar-refractivity contribution in [1.82, 2.24) is 5.32 Å². The molecule has 162 valence electrons. The summed E-state index contributed by atoms with van der Waals surface area (Å²) in [5.41, 5.74) is 3.79. The lowest BCUT2D eigenvalue weighted by Gasteiger charge is -2.13. The monoisotopic (exact) mass is 634 g/mol. The van der Waals surface area contributed by atoms with Crippen LogP contribution in [0.4, 0.5) is 5.69 Å². The van der Waals surface area contributed by atoms with Crippen LogP contribution in [0.2, 0.25) is 0 Å². The van der Waals surface area contributed by atoms with E-state index < -0.39 is 0 Å². The molecule has 0 saturated carbocycles. The van der Waals surface area contributed by atoms with Crippen LogP contribution in [0.3, 0.4) is 0 Å². The number of carbonyl (C=O) groups is 1. The van der Waals surface area contributed by atoms with Gasteiger partial charge >= 0.3 is 0 Å². The minimum Gasteiger partial charge on any atom is -0.487 e. The molecule has 4 nitrogen and oxygen atoms in total. The van der Waals surface area contributed by atoms with Gasteiger partial charge in [-0.15, -0.1) is 0 Å². The molecule has 32 heavy (non-hydrogen) atoms. The highest BCUT2D eigenvalue weighted by molar-refractivity contribution is 9.11. The first-order valence-electron chi connectivity index (χ1n) is 9.60. The van der Waals surface area contributed by atoms with Crippen LogP contribution in [0.25, 0.3) is 6.08 Å². The number of amidine groups is 1. The SMILES string of the molecule is Cc1ccc(N=C2NC(=O)/C(=C/c3cc(Br)cc(Br)c3OCc3ccc(Br)cc3)S2)cc1. The van der Waals surface area contributed by atoms with Crippen LogP contribution in [0.15, 0.2) is 84.0 Å². The van der Waals surface area contributed by atoms with Gasteiger partial charge in [-0.05, 0) is 82.7 Å². The lowest BCUT2D eigenvalue weighted by atomic mass is 10.1. The Balaban J connectivity index is 1.59. The first kappa shape index (κ1) is 23.3. The van der Waals surface area contributed by atoms with Crippen LogP contribution in [0.5, 0.6) is 5.75 Å². The fraction of sp³-hybridized carbons (Fsp3) is 0.0833. The average Bonchev–Trinajstić information content (AvgIpc) is 3.09. The predicted octanol–water partition coefficient (Wildman–Crippen LogP) is 7.75. The summed E-state index contributed by atoms with van der Waals surface area (Å²) in [7, 11) is 0. The third-order valence-corrected chi connectivity index (χ3v) is 7.02. The quantitative estimate of drug-likeness (QED) is 0.291. The van der Waals surface area contributed by atoms with Crippen LogP contribution in [0, 0.1) is 6.92 Å². The van der Waals surface area contributed by atoms with Crippen molar-refractivity contribution >= 4 is 82.4 Å². The summed E-state index contributed by atoms with van der Waals surface area (Å²) in [6.07, 6.45) is 1.82. The molecule has 8 heteroatoms. The van der Waals surface area contributed by atoms with Crippen molar-refractivity contribution in [3.63, 3.8) is 0 Å². The first-order valence-corrected chi connectivity index (χ1v) is 12.8. The van der Waals surface area contributed by atoms with E-state index in [9.17, 15) is 4.79 Å². The van der Waals surface area contributed by atoms with Crippen LogP contribution >= 0.6 is 59.6 Å². The van der Waals surface area contributed by atoms with Gasteiger partial charge in [0, 0.05) is 14.5 Å². The lowest BCUT2D eigenvalue weighted by Crippen LogP contribution is -2.19. The van der Waals surface area contributed by atoms with Gasteiger partial charge in [0.05, 0.1) is 15.1 Å². The topological polar surface area (TPSA) is 50.7 Å². The normalized spacial score (nSPS) is 15.9. The van der Waals surface area contributed by atoms with Crippen molar-refractivity contribution < 1.29 is 9.53 Å². The summed E-state index contributed by atoms with van der Waals surface area (Å²) in [6, 6.07) is 19.7. The number of nitrogens with one attached hydrogen (secondary N) is 1. The molecule has 0 bridgehead atoms. The van der Waals surface area contributed by atoms with Gasteiger partial charge in [-0.25, -0.2) is 4.99 Å². The molecule has 1 amide bonds. The number of thioether (sulfide) groups is 1. The van der Waals surface area contributed by atoms with Gasteiger partial charge in [0.2, 0.25) is 0 Å². The number of carbonyl (C=O) groups excluding carboxylic acids is 1. The number of halogens is 3. The number of benzene rings is 3. The molecule has 1 N–H and O–H groups in total. The largest absolute Gasteiger partial charge is 0.487 e. The van der Waals surface area contributed by atoms with E-state index in [1.54, 1.807) is 0 Å². The zero-order valence-corrected chi connectivity index (χ0v) is 22.4. The molecule has 3 aromatic rings. The Kier molecular flexibility index (Phi) is 7.55. The summed E-state index contributed by atoms with van der Waals surface area (Å²) in [5, 5.41) is 3.39. The van der Waals surface area contributed by atoms with E-state index in [1.165, 1.54) is 11.8 Å². The Morgan fingerprint density at radius 2 is 1.72 bits per heavy atom. The lowest BCUT2D eigenvalue weighted by molar-refractivity contribution is -0.115. The van der Waals surface area contributed by atoms with Crippen molar-refractivity contribution in [2.75, 3.05) is 0 Å². The molecule has 0 atom stereocenters. The average molecular weight is 637 g/mol. The van der Waals surface area contributed by atoms with Gasteiger partial charge < -0.3 is 10.1 Å². The standard InChI is InChI=1S/C24H17Br3N2O2S/c1-14-2-8-19(9-3-14)28-24-29-23(30)21(32-24)11-16-10-18(26)12-20(27)22(16)31-13-15-4-6-17(25)7-5-15/h2-12H,13H2,1H3,(H,28,29,30)/b21-11-. The molecule has 0 unspecified atom stereocenters. The molecule has 1 heterocycles. The van der Waals surface area contributed by atoms with Gasteiger partial charge in [0.1, 0.15) is 12.4 Å². The molecular weight excluding hydrogens is 620 g/mol. The number of aryl methyl sites for hydroxylation is 1. The predicted molar refractivity (Wildman–Crippen MR) is 142 cm³/mol. The Morgan fingerprint density at radius 1 is 1.00 bits per heavy atom. The highest BCUT2D eigenvalue weighted by Crippen LogP contribution is 2.37. The third kappa shape index (κ3) is 5.92. The summed E-state index contributed by atoms with van der Waals surface area (Å²) < 4.78 is 8.82. The van der Waals surface area contributed by atoms with Gasteiger partial charge in [-0.1, -0.05) is 61.7 Å². The van der Waals surface area contributed by atoms with Crippen LogP contribution in [-0.2, 0) is 11.4 Å². The fourth-order valence-electron chi connectivity index (χ4n) is 2.93. The van der Waals surface area contributed by atoms with Crippen LogP contribution in [-0.4, -0.2) is 11.1 Å². The minimum absolute atomic E-state index is 0.184. The maximum atomic E-state index is 12.6. The van der Waals surface area contributed by atoms with Crippen molar-refractivity contribution in [2.45, 2.75) is 13.5 Å². The van der Waals surface area contributed by atoms with Crippen molar-refractivity contribution in [3.05, 3.63) is 95.7 Å². The molecule has 1 aliphatic heterocycles. The second kappa shape index (κ2) is 10.4. The fourth-order valence-corrected chi connectivity index (χ4v) is 5.40. The van der Waals surface area contributed by atoms with E-state index >= 15 is 0 Å². The van der Waals surface area contributed by atoms with E-state index in [4.69, 9.17) is 4.74 Å². The number of hydrogen-bond acceptors (Lipinski definition) is 4. The first-order chi connectivity index (χ1) is 15.4. The van der Waals surface area contributed by atoms with E-state index in [2.05, 4.69) is 58.1 Å². The zero-order chi connectivity index (χ0) is 22.7. The summed E-state index contributed by atoms with van der Waals surface area (Å²) >= 11 is 11.9. The van der Waals surface area contributed by atoms with E-state index in [0.717, 1.165) is 35.8 Å². The number of aliphatic imine (C=N–C) groups is 1. The molecule has 3 aromatic carbocycles. The summed E-state index contributed by atoms with van der Waals surface area (Å²) in [6.45, 7) is 2.43. The van der Waals surface area contributed by atoms with Gasteiger partial charge in [-0.2, -0.15) is 0 Å². The van der Waals surface area contributed by atoms with E-state index in [1.807, 2.05) is 73.7 Å². The molecule has 1 saturated heterocycles. The van der Waals surface area contributed by atoms with Gasteiger partial charge in [0.15, 0.2) is 5.17 Å². The molecule has 0 radical (unpaired) electrons. The Morgan fingerprint density at radius 3 is 2.44 bits per heavy atom. The van der Waals surface area contributed by atoms with Gasteiger partial charge in [0.25, 0.3) is 5.91 Å². The number of ether oxygens (including phenoxy) is 1. The maximum absolute atomic E-state index is 12.6. The van der Waals surface area contributed by atoms with Crippen molar-refractivity contribution in [1.29, 1.82) is 0 Å². The Labute approximate surface area is 215 Å². The number of amides is 1. The number of rotatable bonds is 5. The van der Waals surface area contributed by atoms with E-state index in [-0.39, 0.29) is 5.91 Å². The van der Waals surface area contributed by atoms with Gasteiger partial charge in [-0.3, -0.25) is 4.79 Å². The summed E-state index contributed by atoms with van der Waals surface area (Å²) in [5.74, 6) is 0.483. The molecule has 0 spiro atoms. The summed E-state index contributed by atoms with van der Waals surface area (Å²) in [4.78, 5) is 17.7. The van der Waals surface area contributed by atoms with Crippen LogP contribution in [0.1, 0.15) is 16.7 Å². The molecule has 0 aliphatic carbocycles. The minimum atomic E-state index is -0.184. The van der Waals surface area contributed by atoms with Crippen LogP contribution < -0.4 is 10.1 Å². The third-order valence-electron chi connectivity index (χ3n) is 4.54. The van der Waals surface area contributed by atoms with Crippen molar-refractivity contribution in [3.8, 4) is 5.75 Å². The Hall–Kier alpha value is -1.87. The molecule has 1 aliphatic rings. The highest BCUT2D eigenvalue weighted by atomic mass is 79.9. The molecule has 0 aromatic heterocycles. The second-order valence-electron chi connectivity index (χ2n) is 7.04. The number of nitrogens with zero attached hydrogens (tertiary/aromatic N) is 1. The smallest absolute Gasteiger partial charge is 0.264 e. The molecule has 1 fully saturated rings. The second-order valence-corrected chi connectivity index (χ2v) is 10.8. The number of hydrogen-bond donors (Lipinski definition) is 1. The maximum Gasteiger partial charge on any atom is 0.264 e. The highest BCUT2D eigenvalue weighted by Gasteiger charge is 2.24. The van der Waals surface area contributed by atoms with E-state index in [0.29, 0.717) is 22.4 Å². The van der Waals surface area contributed by atoms with Crippen molar-refractivity contribution in [2.24, 2.45) is 4.99 Å². The molecule has 4 rings (SSSR count). The molecular formula is C24H17Br3N2O2S. The Bertz CT molecular complexity index is 1220.